The number of nitrogens with zero attached hydrogens (tertiary/aromatic N) is 2. The Kier molecular flexibility index (Phi) is 4.43. The van der Waals surface area contributed by atoms with E-state index < -0.39 is 0 Å². The lowest BCUT2D eigenvalue weighted by molar-refractivity contribution is 0.0320. The van der Waals surface area contributed by atoms with Crippen molar-refractivity contribution in [3.8, 4) is 11.6 Å². The smallest absolute Gasteiger partial charge is 0.217 e. The summed E-state index contributed by atoms with van der Waals surface area (Å²) >= 11 is 6.11. The Morgan fingerprint density at radius 2 is 2.14 bits per heavy atom. The molecule has 0 saturated carbocycles. The van der Waals surface area contributed by atoms with Gasteiger partial charge in [-0.25, -0.2) is 4.98 Å². The number of hydrogen-bond acceptors (Lipinski definition) is 5. The van der Waals surface area contributed by atoms with Gasteiger partial charge >= 0.3 is 0 Å². The first-order chi connectivity index (χ1) is 10.2. The minimum absolute atomic E-state index is 0.129. The van der Waals surface area contributed by atoms with Crippen molar-refractivity contribution in [2.75, 3.05) is 39.5 Å². The summed E-state index contributed by atoms with van der Waals surface area (Å²) in [7, 11) is 0. The van der Waals surface area contributed by atoms with E-state index in [-0.39, 0.29) is 5.75 Å². The van der Waals surface area contributed by atoms with Crippen LogP contribution in [0.3, 0.4) is 0 Å². The molecule has 1 saturated heterocycles. The third-order valence-corrected chi connectivity index (χ3v) is 3.81. The van der Waals surface area contributed by atoms with E-state index in [1.54, 1.807) is 18.2 Å². The molecular formula is C15H17ClN2O3. The van der Waals surface area contributed by atoms with E-state index in [1.165, 1.54) is 6.07 Å². The first-order valence-electron chi connectivity index (χ1n) is 6.95. The molecule has 21 heavy (non-hydrogen) atoms. The largest absolute Gasteiger partial charge is 0.507 e. The molecule has 1 fully saturated rings. The Morgan fingerprint density at radius 3 is 2.95 bits per heavy atom. The SMILES string of the molecule is Oc1cc(OCCN2CCOCC2)nc2c(Cl)cccc12. The van der Waals surface area contributed by atoms with Gasteiger partial charge in [-0.1, -0.05) is 17.7 Å². The summed E-state index contributed by atoms with van der Waals surface area (Å²) in [6, 6.07) is 6.83. The minimum atomic E-state index is 0.129. The predicted octanol–water partition coefficient (Wildman–Crippen LogP) is 2.30. The van der Waals surface area contributed by atoms with E-state index in [9.17, 15) is 5.11 Å². The van der Waals surface area contributed by atoms with Crippen LogP contribution in [0.5, 0.6) is 11.6 Å². The molecule has 6 heteroatoms. The van der Waals surface area contributed by atoms with Crippen LogP contribution in [0.25, 0.3) is 10.9 Å². The van der Waals surface area contributed by atoms with Gasteiger partial charge in [-0.05, 0) is 12.1 Å². The van der Waals surface area contributed by atoms with Crippen molar-refractivity contribution in [2.24, 2.45) is 0 Å². The van der Waals surface area contributed by atoms with Crippen molar-refractivity contribution in [2.45, 2.75) is 0 Å². The first kappa shape index (κ1) is 14.4. The molecule has 0 spiro atoms. The van der Waals surface area contributed by atoms with E-state index >= 15 is 0 Å². The maximum Gasteiger partial charge on any atom is 0.217 e. The fraction of sp³-hybridized carbons (Fsp3) is 0.400. The Bertz CT molecular complexity index is 630. The Hall–Kier alpha value is -1.56. The van der Waals surface area contributed by atoms with Crippen LogP contribution in [-0.4, -0.2) is 54.4 Å². The lowest BCUT2D eigenvalue weighted by Gasteiger charge is -2.26. The standard InChI is InChI=1S/C15H17ClN2O3/c16-12-3-1-2-11-13(19)10-14(17-15(11)12)21-9-6-18-4-7-20-8-5-18/h1-3,10H,4-9H2,(H,17,19). The summed E-state index contributed by atoms with van der Waals surface area (Å²) in [6.07, 6.45) is 0. The zero-order chi connectivity index (χ0) is 14.7. The summed E-state index contributed by atoms with van der Waals surface area (Å²) in [5.41, 5.74) is 0.556. The van der Waals surface area contributed by atoms with Gasteiger partial charge in [0.15, 0.2) is 0 Å². The second kappa shape index (κ2) is 6.47. The van der Waals surface area contributed by atoms with Gasteiger partial charge in [0.25, 0.3) is 0 Å². The highest BCUT2D eigenvalue weighted by Gasteiger charge is 2.11. The molecule has 1 aromatic heterocycles. The number of ether oxygens (including phenoxy) is 2. The molecule has 112 valence electrons. The molecule has 2 aromatic rings. The third kappa shape index (κ3) is 3.37. The van der Waals surface area contributed by atoms with Crippen LogP contribution < -0.4 is 4.74 Å². The molecule has 0 bridgehead atoms. The van der Waals surface area contributed by atoms with Gasteiger partial charge in [-0.2, -0.15) is 0 Å². The van der Waals surface area contributed by atoms with Crippen LogP contribution in [0.15, 0.2) is 24.3 Å². The Morgan fingerprint density at radius 1 is 1.33 bits per heavy atom. The van der Waals surface area contributed by atoms with Gasteiger partial charge < -0.3 is 14.6 Å². The van der Waals surface area contributed by atoms with Crippen LogP contribution in [-0.2, 0) is 4.74 Å². The third-order valence-electron chi connectivity index (χ3n) is 3.51. The van der Waals surface area contributed by atoms with Crippen molar-refractivity contribution in [3.05, 3.63) is 29.3 Å². The quantitative estimate of drug-likeness (QED) is 0.939. The maximum absolute atomic E-state index is 10.0. The molecule has 0 radical (unpaired) electrons. The van der Waals surface area contributed by atoms with Crippen LogP contribution >= 0.6 is 11.6 Å². The molecule has 1 aromatic carbocycles. The van der Waals surface area contributed by atoms with Crippen LogP contribution in [0.1, 0.15) is 0 Å². The number of para-hydroxylation sites is 1. The molecule has 1 aliphatic rings. The molecular weight excluding hydrogens is 292 g/mol. The van der Waals surface area contributed by atoms with Crippen molar-refractivity contribution in [1.29, 1.82) is 0 Å². The maximum atomic E-state index is 10.0. The van der Waals surface area contributed by atoms with Crippen molar-refractivity contribution >= 4 is 22.5 Å². The number of aromatic nitrogens is 1. The van der Waals surface area contributed by atoms with Gasteiger partial charge in [-0.3, -0.25) is 4.90 Å². The van der Waals surface area contributed by atoms with E-state index in [1.807, 2.05) is 0 Å². The predicted molar refractivity (Wildman–Crippen MR) is 81.2 cm³/mol. The minimum Gasteiger partial charge on any atom is -0.507 e. The van der Waals surface area contributed by atoms with Gasteiger partial charge in [0.05, 0.1) is 23.8 Å². The highest BCUT2D eigenvalue weighted by atomic mass is 35.5. The molecule has 0 aliphatic carbocycles. The highest BCUT2D eigenvalue weighted by Crippen LogP contribution is 2.31. The van der Waals surface area contributed by atoms with Gasteiger partial charge in [0, 0.05) is 31.1 Å². The second-order valence-electron chi connectivity index (χ2n) is 4.92. The van der Waals surface area contributed by atoms with E-state index in [0.717, 1.165) is 32.8 Å². The number of rotatable bonds is 4. The summed E-state index contributed by atoms with van der Waals surface area (Å²) in [5, 5.41) is 11.1. The van der Waals surface area contributed by atoms with E-state index in [4.69, 9.17) is 21.1 Å². The number of benzene rings is 1. The normalized spacial score (nSPS) is 16.2. The Labute approximate surface area is 128 Å². The monoisotopic (exact) mass is 308 g/mol. The van der Waals surface area contributed by atoms with Crippen LogP contribution in [0.4, 0.5) is 0 Å². The summed E-state index contributed by atoms with van der Waals surface area (Å²) in [6.45, 7) is 4.71. The van der Waals surface area contributed by atoms with Crippen molar-refractivity contribution in [1.82, 2.24) is 9.88 Å². The number of morpholine rings is 1. The Balaban J connectivity index is 1.68. The van der Waals surface area contributed by atoms with Gasteiger partial charge in [0.1, 0.15) is 12.4 Å². The summed E-state index contributed by atoms with van der Waals surface area (Å²) in [4.78, 5) is 6.64. The second-order valence-corrected chi connectivity index (χ2v) is 5.33. The number of fused-ring (bicyclic) bond motifs is 1. The van der Waals surface area contributed by atoms with Crippen molar-refractivity contribution < 1.29 is 14.6 Å². The fourth-order valence-electron chi connectivity index (χ4n) is 2.35. The molecule has 2 heterocycles. The summed E-state index contributed by atoms with van der Waals surface area (Å²) < 4.78 is 10.9. The van der Waals surface area contributed by atoms with E-state index in [2.05, 4.69) is 9.88 Å². The van der Waals surface area contributed by atoms with Crippen molar-refractivity contribution in [3.63, 3.8) is 0 Å². The molecule has 1 N–H and O–H groups in total. The zero-order valence-electron chi connectivity index (χ0n) is 11.6. The number of hydrogen-bond donors (Lipinski definition) is 1. The molecule has 1 aliphatic heterocycles. The fourth-order valence-corrected chi connectivity index (χ4v) is 2.57. The first-order valence-corrected chi connectivity index (χ1v) is 7.33. The van der Waals surface area contributed by atoms with Crippen LogP contribution in [0.2, 0.25) is 5.02 Å². The lowest BCUT2D eigenvalue weighted by atomic mass is 10.2. The lowest BCUT2D eigenvalue weighted by Crippen LogP contribution is -2.38. The zero-order valence-corrected chi connectivity index (χ0v) is 12.3. The average molecular weight is 309 g/mol. The average Bonchev–Trinajstić information content (AvgIpc) is 2.50. The highest BCUT2D eigenvalue weighted by molar-refractivity contribution is 6.35. The van der Waals surface area contributed by atoms with E-state index in [0.29, 0.717) is 28.4 Å². The number of halogens is 1. The topological polar surface area (TPSA) is 54.8 Å². The van der Waals surface area contributed by atoms with Gasteiger partial charge in [-0.15, -0.1) is 0 Å². The van der Waals surface area contributed by atoms with Gasteiger partial charge in [0.2, 0.25) is 5.88 Å². The van der Waals surface area contributed by atoms with Crippen LogP contribution in [0, 0.1) is 0 Å². The molecule has 0 amide bonds. The molecule has 0 atom stereocenters. The molecule has 0 unspecified atom stereocenters. The molecule has 3 rings (SSSR count). The number of pyridine rings is 1. The molecule has 5 nitrogen and oxygen atoms in total. The number of aromatic hydroxyl groups is 1. The summed E-state index contributed by atoms with van der Waals surface area (Å²) in [5.74, 6) is 0.519.